The highest BCUT2D eigenvalue weighted by Gasteiger charge is 2.30. The molecule has 0 saturated carbocycles. The SMILES string of the molecule is FC(F)(F)c1cccc(Nc2n[nH]c3cccnc23)c1. The predicted molar refractivity (Wildman–Crippen MR) is 68.6 cm³/mol. The Labute approximate surface area is 111 Å². The summed E-state index contributed by atoms with van der Waals surface area (Å²) in [6.45, 7) is 0. The molecule has 4 nitrogen and oxygen atoms in total. The molecule has 0 radical (unpaired) electrons. The van der Waals surface area contributed by atoms with E-state index in [-0.39, 0.29) is 0 Å². The van der Waals surface area contributed by atoms with Gasteiger partial charge in [0.05, 0.1) is 11.1 Å². The van der Waals surface area contributed by atoms with E-state index in [2.05, 4.69) is 20.5 Å². The zero-order chi connectivity index (χ0) is 14.2. The average molecular weight is 278 g/mol. The summed E-state index contributed by atoms with van der Waals surface area (Å²) in [5.74, 6) is 0.389. The van der Waals surface area contributed by atoms with Gasteiger partial charge < -0.3 is 5.32 Å². The van der Waals surface area contributed by atoms with Crippen LogP contribution in [0.5, 0.6) is 0 Å². The van der Waals surface area contributed by atoms with Gasteiger partial charge in [-0.1, -0.05) is 6.07 Å². The number of nitrogens with one attached hydrogen (secondary N) is 2. The number of aromatic nitrogens is 3. The van der Waals surface area contributed by atoms with Gasteiger partial charge in [0.25, 0.3) is 0 Å². The Morgan fingerprint density at radius 2 is 1.95 bits per heavy atom. The van der Waals surface area contributed by atoms with Crippen molar-refractivity contribution in [3.8, 4) is 0 Å². The van der Waals surface area contributed by atoms with Crippen molar-refractivity contribution in [2.24, 2.45) is 0 Å². The molecule has 2 aromatic heterocycles. The number of halogens is 3. The van der Waals surface area contributed by atoms with E-state index < -0.39 is 11.7 Å². The highest BCUT2D eigenvalue weighted by atomic mass is 19.4. The number of hydrogen-bond donors (Lipinski definition) is 2. The van der Waals surface area contributed by atoms with Crippen LogP contribution in [0.25, 0.3) is 11.0 Å². The minimum atomic E-state index is -4.37. The number of nitrogens with zero attached hydrogens (tertiary/aromatic N) is 2. The molecular formula is C13H9F3N4. The summed E-state index contributed by atoms with van der Waals surface area (Å²) >= 11 is 0. The van der Waals surface area contributed by atoms with Gasteiger partial charge in [0, 0.05) is 11.9 Å². The van der Waals surface area contributed by atoms with Crippen molar-refractivity contribution in [2.45, 2.75) is 6.18 Å². The summed E-state index contributed by atoms with van der Waals surface area (Å²) in [6, 6.07) is 8.46. The Morgan fingerprint density at radius 1 is 1.10 bits per heavy atom. The number of rotatable bonds is 2. The molecule has 20 heavy (non-hydrogen) atoms. The third-order valence-electron chi connectivity index (χ3n) is 2.77. The molecule has 0 unspecified atom stereocenters. The summed E-state index contributed by atoms with van der Waals surface area (Å²) in [5.41, 5.74) is 0.876. The number of H-pyrrole nitrogens is 1. The zero-order valence-electron chi connectivity index (χ0n) is 10.1. The van der Waals surface area contributed by atoms with E-state index in [4.69, 9.17) is 0 Å². The molecule has 102 valence electrons. The molecule has 0 aliphatic carbocycles. The van der Waals surface area contributed by atoms with Gasteiger partial charge in [-0.05, 0) is 30.3 Å². The molecule has 0 fully saturated rings. The molecule has 3 aromatic rings. The van der Waals surface area contributed by atoms with E-state index in [1.54, 1.807) is 24.4 Å². The summed E-state index contributed by atoms with van der Waals surface area (Å²) in [5, 5.41) is 9.59. The van der Waals surface area contributed by atoms with E-state index in [1.165, 1.54) is 6.07 Å². The van der Waals surface area contributed by atoms with Crippen LogP contribution in [0.2, 0.25) is 0 Å². The largest absolute Gasteiger partial charge is 0.416 e. The fourth-order valence-electron chi connectivity index (χ4n) is 1.85. The Morgan fingerprint density at radius 3 is 2.75 bits per heavy atom. The van der Waals surface area contributed by atoms with Gasteiger partial charge >= 0.3 is 6.18 Å². The average Bonchev–Trinajstić information content (AvgIpc) is 2.82. The first-order valence-corrected chi connectivity index (χ1v) is 5.77. The van der Waals surface area contributed by atoms with Crippen molar-refractivity contribution < 1.29 is 13.2 Å². The van der Waals surface area contributed by atoms with Crippen molar-refractivity contribution in [3.63, 3.8) is 0 Å². The van der Waals surface area contributed by atoms with Crippen LogP contribution in [-0.2, 0) is 6.18 Å². The fourth-order valence-corrected chi connectivity index (χ4v) is 1.85. The lowest BCUT2D eigenvalue weighted by molar-refractivity contribution is -0.137. The third kappa shape index (κ3) is 2.29. The Hall–Kier alpha value is -2.57. The Kier molecular flexibility index (Phi) is 2.81. The maximum Gasteiger partial charge on any atom is 0.416 e. The number of alkyl halides is 3. The normalized spacial score (nSPS) is 11.8. The van der Waals surface area contributed by atoms with Crippen LogP contribution in [0, 0.1) is 0 Å². The van der Waals surface area contributed by atoms with Gasteiger partial charge in [-0.2, -0.15) is 18.3 Å². The van der Waals surface area contributed by atoms with Gasteiger partial charge in [0.2, 0.25) is 0 Å². The van der Waals surface area contributed by atoms with E-state index in [9.17, 15) is 13.2 Å². The number of hydrogen-bond acceptors (Lipinski definition) is 3. The van der Waals surface area contributed by atoms with E-state index >= 15 is 0 Å². The monoisotopic (exact) mass is 278 g/mol. The van der Waals surface area contributed by atoms with Crippen LogP contribution < -0.4 is 5.32 Å². The van der Waals surface area contributed by atoms with Crippen LogP contribution in [0.15, 0.2) is 42.6 Å². The second kappa shape index (κ2) is 4.52. The Bertz CT molecular complexity index is 748. The highest BCUT2D eigenvalue weighted by molar-refractivity contribution is 5.87. The molecule has 1 aromatic carbocycles. The molecule has 2 heterocycles. The Balaban J connectivity index is 1.95. The van der Waals surface area contributed by atoms with Crippen molar-refractivity contribution >= 4 is 22.5 Å². The van der Waals surface area contributed by atoms with E-state index in [0.29, 0.717) is 22.5 Å². The van der Waals surface area contributed by atoms with Crippen molar-refractivity contribution in [3.05, 3.63) is 48.2 Å². The second-order valence-corrected chi connectivity index (χ2v) is 4.18. The molecule has 0 aliphatic rings. The topological polar surface area (TPSA) is 53.6 Å². The highest BCUT2D eigenvalue weighted by Crippen LogP contribution is 2.31. The lowest BCUT2D eigenvalue weighted by Crippen LogP contribution is -2.05. The van der Waals surface area contributed by atoms with Gasteiger partial charge in [0.1, 0.15) is 5.52 Å². The van der Waals surface area contributed by atoms with Crippen LogP contribution in [0.3, 0.4) is 0 Å². The molecule has 0 bridgehead atoms. The molecule has 3 rings (SSSR count). The first-order chi connectivity index (χ1) is 9.54. The van der Waals surface area contributed by atoms with Gasteiger partial charge in [-0.15, -0.1) is 0 Å². The number of fused-ring (bicyclic) bond motifs is 1. The number of benzene rings is 1. The standard InChI is InChI=1S/C13H9F3N4/c14-13(15,16)8-3-1-4-9(7-8)18-12-11-10(19-20-12)5-2-6-17-11/h1-7H,(H2,18,19,20). The zero-order valence-corrected chi connectivity index (χ0v) is 10.1. The lowest BCUT2D eigenvalue weighted by Gasteiger charge is -2.09. The van der Waals surface area contributed by atoms with E-state index in [1.807, 2.05) is 0 Å². The van der Waals surface area contributed by atoms with Crippen molar-refractivity contribution in [1.29, 1.82) is 0 Å². The third-order valence-corrected chi connectivity index (χ3v) is 2.77. The molecule has 0 aliphatic heterocycles. The summed E-state index contributed by atoms with van der Waals surface area (Å²) in [7, 11) is 0. The predicted octanol–water partition coefficient (Wildman–Crippen LogP) is 3.72. The van der Waals surface area contributed by atoms with Gasteiger partial charge in [-0.25, -0.2) is 0 Å². The molecule has 0 spiro atoms. The lowest BCUT2D eigenvalue weighted by atomic mass is 10.2. The first kappa shape index (κ1) is 12.5. The second-order valence-electron chi connectivity index (χ2n) is 4.18. The van der Waals surface area contributed by atoms with Crippen LogP contribution in [0.4, 0.5) is 24.7 Å². The molecular weight excluding hydrogens is 269 g/mol. The van der Waals surface area contributed by atoms with Crippen LogP contribution in [0.1, 0.15) is 5.56 Å². The summed E-state index contributed by atoms with van der Waals surface area (Å²) < 4.78 is 37.9. The fraction of sp³-hybridized carbons (Fsp3) is 0.0769. The number of pyridine rings is 1. The van der Waals surface area contributed by atoms with Crippen molar-refractivity contribution in [2.75, 3.05) is 5.32 Å². The van der Waals surface area contributed by atoms with Crippen molar-refractivity contribution in [1.82, 2.24) is 15.2 Å². The summed E-state index contributed by atoms with van der Waals surface area (Å²) in [6.07, 6.45) is -2.78. The smallest absolute Gasteiger partial charge is 0.337 e. The maximum atomic E-state index is 12.6. The number of anilines is 2. The quantitative estimate of drug-likeness (QED) is 0.751. The van der Waals surface area contributed by atoms with Gasteiger partial charge in [0.15, 0.2) is 5.82 Å². The first-order valence-electron chi connectivity index (χ1n) is 5.77. The molecule has 0 saturated heterocycles. The summed E-state index contributed by atoms with van der Waals surface area (Å²) in [4.78, 5) is 4.13. The minimum Gasteiger partial charge on any atom is -0.337 e. The number of aromatic amines is 1. The molecule has 0 amide bonds. The van der Waals surface area contributed by atoms with Gasteiger partial charge in [-0.3, -0.25) is 10.1 Å². The van der Waals surface area contributed by atoms with E-state index in [0.717, 1.165) is 12.1 Å². The minimum absolute atomic E-state index is 0.305. The van der Waals surface area contributed by atoms with Crippen LogP contribution >= 0.6 is 0 Å². The molecule has 7 heteroatoms. The molecule has 2 N–H and O–H groups in total. The maximum absolute atomic E-state index is 12.6. The van der Waals surface area contributed by atoms with Crippen LogP contribution in [-0.4, -0.2) is 15.2 Å². The molecule has 0 atom stereocenters.